The van der Waals surface area contributed by atoms with E-state index in [-0.39, 0.29) is 0 Å². The Hall–Kier alpha value is -0.960. The van der Waals surface area contributed by atoms with Gasteiger partial charge >= 0.3 is 0 Å². The van der Waals surface area contributed by atoms with Gasteiger partial charge in [0.15, 0.2) is 0 Å². The molecule has 1 aliphatic heterocycles. The molecule has 0 fully saturated rings. The minimum Gasteiger partial charge on any atom is -0.375 e. The van der Waals surface area contributed by atoms with Crippen LogP contribution in [0.2, 0.25) is 0 Å². The van der Waals surface area contributed by atoms with E-state index in [9.17, 15) is 0 Å². The molecule has 23 heavy (non-hydrogen) atoms. The third kappa shape index (κ3) is 3.76. The van der Waals surface area contributed by atoms with E-state index in [1.165, 1.54) is 21.7 Å². The monoisotopic (exact) mass is 379 g/mol. The van der Waals surface area contributed by atoms with E-state index in [1.54, 1.807) is 0 Å². The normalized spacial score (nSPS) is 13.2. The van der Waals surface area contributed by atoms with Crippen LogP contribution in [-0.2, 0) is 11.5 Å². The fourth-order valence-electron chi connectivity index (χ4n) is 2.26. The maximum atomic E-state index is 4.72. The van der Waals surface area contributed by atoms with Crippen molar-refractivity contribution in [3.63, 3.8) is 0 Å². The molecular formula is C15H13N3OS4. The van der Waals surface area contributed by atoms with Crippen molar-refractivity contribution in [2.24, 2.45) is 0 Å². The van der Waals surface area contributed by atoms with Crippen LogP contribution in [0.15, 0.2) is 45.9 Å². The average molecular weight is 380 g/mol. The zero-order chi connectivity index (χ0) is 15.5. The van der Waals surface area contributed by atoms with Crippen LogP contribution in [0.3, 0.4) is 0 Å². The number of nitrogens with zero attached hydrogens (tertiary/aromatic N) is 2. The molecule has 2 aromatic carbocycles. The molecule has 4 nitrogen and oxygen atoms in total. The minimum absolute atomic E-state index is 0.809. The molecular weight excluding hydrogens is 366 g/mol. The standard InChI is InChI=1S/C15H13N3OS4/c1-3-12-13(18-19-17-12)5-10(1)7-21-23-22-8-11-2-4-15-14(6-11)16-9-20-15/h1-6,16H,7-9H2. The summed E-state index contributed by atoms with van der Waals surface area (Å²) >= 11 is 1.86. The van der Waals surface area contributed by atoms with Crippen LogP contribution in [0.1, 0.15) is 11.1 Å². The summed E-state index contributed by atoms with van der Waals surface area (Å²) in [6, 6.07) is 12.8. The highest BCUT2D eigenvalue weighted by Gasteiger charge is 2.10. The molecule has 0 bridgehead atoms. The molecule has 0 spiro atoms. The second-order valence-electron chi connectivity index (χ2n) is 4.98. The number of fused-ring (bicyclic) bond motifs is 2. The van der Waals surface area contributed by atoms with Gasteiger partial charge in [-0.15, -0.1) is 11.8 Å². The molecule has 0 unspecified atom stereocenters. The summed E-state index contributed by atoms with van der Waals surface area (Å²) < 4.78 is 4.72. The molecule has 1 N–H and O–H groups in total. The lowest BCUT2D eigenvalue weighted by Crippen LogP contribution is -1.89. The molecule has 0 radical (unpaired) electrons. The number of nitrogens with one attached hydrogen (secondary N) is 1. The minimum atomic E-state index is 0.809. The Kier molecular flexibility index (Phi) is 4.93. The zero-order valence-electron chi connectivity index (χ0n) is 12.0. The van der Waals surface area contributed by atoms with Crippen LogP contribution in [0, 0.1) is 0 Å². The van der Waals surface area contributed by atoms with Crippen LogP contribution in [0.4, 0.5) is 5.69 Å². The predicted molar refractivity (Wildman–Crippen MR) is 103 cm³/mol. The molecule has 0 saturated heterocycles. The van der Waals surface area contributed by atoms with E-state index >= 15 is 0 Å². The van der Waals surface area contributed by atoms with E-state index in [1.807, 2.05) is 55.3 Å². The van der Waals surface area contributed by atoms with Gasteiger partial charge in [0.05, 0.1) is 5.88 Å². The van der Waals surface area contributed by atoms with Gasteiger partial charge < -0.3 is 5.32 Å². The summed E-state index contributed by atoms with van der Waals surface area (Å²) in [4.78, 5) is 1.36. The van der Waals surface area contributed by atoms with Crippen LogP contribution in [0.25, 0.3) is 11.0 Å². The van der Waals surface area contributed by atoms with Gasteiger partial charge in [-0.3, -0.25) is 0 Å². The second-order valence-corrected chi connectivity index (χ2v) is 10.2. The van der Waals surface area contributed by atoms with E-state index in [4.69, 9.17) is 4.63 Å². The van der Waals surface area contributed by atoms with Gasteiger partial charge in [-0.2, -0.15) is 0 Å². The zero-order valence-corrected chi connectivity index (χ0v) is 15.3. The lowest BCUT2D eigenvalue weighted by Gasteiger charge is -2.04. The van der Waals surface area contributed by atoms with Crippen molar-refractivity contribution in [2.45, 2.75) is 16.4 Å². The van der Waals surface area contributed by atoms with Crippen molar-refractivity contribution in [2.75, 3.05) is 11.2 Å². The Morgan fingerprint density at radius 2 is 1.78 bits per heavy atom. The fraction of sp³-hybridized carbons (Fsp3) is 0.200. The van der Waals surface area contributed by atoms with Gasteiger partial charge in [0, 0.05) is 22.1 Å². The predicted octanol–water partition coefficient (Wildman–Crippen LogP) is 5.43. The number of aromatic nitrogens is 2. The smallest absolute Gasteiger partial charge is 0.135 e. The SMILES string of the molecule is c1cc2c(cc1CSSSCc1ccc3nonc3c1)NCS2. The largest absolute Gasteiger partial charge is 0.375 e. The summed E-state index contributed by atoms with van der Waals surface area (Å²) in [6.45, 7) is 0. The van der Waals surface area contributed by atoms with Crippen molar-refractivity contribution in [3.8, 4) is 0 Å². The highest BCUT2D eigenvalue weighted by Crippen LogP contribution is 2.40. The van der Waals surface area contributed by atoms with E-state index in [2.05, 4.69) is 39.9 Å². The molecule has 1 aliphatic rings. The van der Waals surface area contributed by atoms with Crippen LogP contribution in [-0.4, -0.2) is 16.2 Å². The molecule has 8 heteroatoms. The molecule has 1 aromatic heterocycles. The average Bonchev–Trinajstić information content (AvgIpc) is 3.22. The van der Waals surface area contributed by atoms with Gasteiger partial charge in [-0.05, 0) is 55.5 Å². The van der Waals surface area contributed by atoms with Crippen LogP contribution >= 0.6 is 43.2 Å². The third-order valence-electron chi connectivity index (χ3n) is 3.40. The summed E-state index contributed by atoms with van der Waals surface area (Å²) in [6.07, 6.45) is 0. The molecule has 4 rings (SSSR count). The Morgan fingerprint density at radius 3 is 2.70 bits per heavy atom. The molecule has 118 valence electrons. The lowest BCUT2D eigenvalue weighted by molar-refractivity contribution is 0.315. The van der Waals surface area contributed by atoms with E-state index in [0.717, 1.165) is 28.4 Å². The number of anilines is 1. The number of hydrogen-bond acceptors (Lipinski definition) is 8. The number of benzene rings is 2. The topological polar surface area (TPSA) is 51.0 Å². The quantitative estimate of drug-likeness (QED) is 0.449. The van der Waals surface area contributed by atoms with Crippen molar-refractivity contribution in [1.29, 1.82) is 0 Å². The van der Waals surface area contributed by atoms with E-state index < -0.39 is 0 Å². The fourth-order valence-corrected chi connectivity index (χ4v) is 6.68. The molecule has 0 amide bonds. The maximum absolute atomic E-state index is 4.72. The van der Waals surface area contributed by atoms with Crippen molar-refractivity contribution >= 4 is 59.9 Å². The highest BCUT2D eigenvalue weighted by molar-refractivity contribution is 9.09. The van der Waals surface area contributed by atoms with Crippen molar-refractivity contribution in [3.05, 3.63) is 47.5 Å². The van der Waals surface area contributed by atoms with Crippen molar-refractivity contribution < 1.29 is 4.63 Å². The Balaban J connectivity index is 1.24. The molecule has 0 atom stereocenters. The number of rotatable bonds is 6. The van der Waals surface area contributed by atoms with Gasteiger partial charge in [0.2, 0.25) is 0 Å². The molecule has 2 heterocycles. The Morgan fingerprint density at radius 1 is 1.00 bits per heavy atom. The number of hydrogen-bond donors (Lipinski definition) is 1. The van der Waals surface area contributed by atoms with Crippen LogP contribution < -0.4 is 5.32 Å². The first kappa shape index (κ1) is 15.6. The third-order valence-corrected chi connectivity index (χ3v) is 8.47. The Bertz CT molecular complexity index is 823. The Labute approximate surface area is 149 Å². The van der Waals surface area contributed by atoms with Gasteiger partial charge in [-0.25, -0.2) is 4.63 Å². The van der Waals surface area contributed by atoms with Gasteiger partial charge in [0.25, 0.3) is 0 Å². The van der Waals surface area contributed by atoms with Crippen molar-refractivity contribution in [1.82, 2.24) is 10.3 Å². The second kappa shape index (κ2) is 7.29. The highest BCUT2D eigenvalue weighted by atomic mass is 33.5. The van der Waals surface area contributed by atoms with Gasteiger partial charge in [0.1, 0.15) is 11.0 Å². The van der Waals surface area contributed by atoms with Crippen LogP contribution in [0.5, 0.6) is 0 Å². The number of thioether (sulfide) groups is 1. The molecule has 3 aromatic rings. The van der Waals surface area contributed by atoms with E-state index in [0.29, 0.717) is 0 Å². The summed E-state index contributed by atoms with van der Waals surface area (Å²) in [5.41, 5.74) is 5.52. The molecule has 0 aliphatic carbocycles. The maximum Gasteiger partial charge on any atom is 0.135 e. The lowest BCUT2D eigenvalue weighted by atomic mass is 10.2. The summed E-state index contributed by atoms with van der Waals surface area (Å²) in [7, 11) is 5.55. The molecule has 0 saturated carbocycles. The first-order valence-electron chi connectivity index (χ1n) is 7.00. The summed E-state index contributed by atoms with van der Waals surface area (Å²) in [5.74, 6) is 2.95. The van der Waals surface area contributed by atoms with Gasteiger partial charge in [-0.1, -0.05) is 33.7 Å². The first-order chi connectivity index (χ1) is 11.4. The summed E-state index contributed by atoms with van der Waals surface area (Å²) in [5, 5.41) is 11.1. The first-order valence-corrected chi connectivity index (χ1v) is 11.8.